The van der Waals surface area contributed by atoms with Gasteiger partial charge < -0.3 is 4.74 Å². The molecule has 0 N–H and O–H groups in total. The van der Waals surface area contributed by atoms with Crippen LogP contribution in [0.3, 0.4) is 0 Å². The van der Waals surface area contributed by atoms with E-state index in [1.54, 1.807) is 0 Å². The lowest BCUT2D eigenvalue weighted by atomic mass is 9.87. The number of allylic oxidation sites excluding steroid dienone is 2. The Morgan fingerprint density at radius 1 is 1.54 bits per heavy atom. The van der Waals surface area contributed by atoms with E-state index in [-0.39, 0.29) is 6.10 Å². The second-order valence-electron chi connectivity index (χ2n) is 3.72. The average molecular weight is 178 g/mol. The van der Waals surface area contributed by atoms with Crippen molar-refractivity contribution in [2.75, 3.05) is 0 Å². The van der Waals surface area contributed by atoms with Gasteiger partial charge in [0, 0.05) is 11.5 Å². The van der Waals surface area contributed by atoms with Crippen molar-refractivity contribution in [3.8, 4) is 0 Å². The molecule has 0 unspecified atom stereocenters. The molecule has 1 fully saturated rings. The number of carbonyl (C=O) groups excluding carboxylic acids is 1. The van der Waals surface area contributed by atoms with Crippen molar-refractivity contribution in [3.63, 3.8) is 0 Å². The van der Waals surface area contributed by atoms with Gasteiger partial charge in [0.25, 0.3) is 0 Å². The lowest BCUT2D eigenvalue weighted by molar-refractivity contribution is -0.105. The van der Waals surface area contributed by atoms with Gasteiger partial charge in [-0.3, -0.25) is 4.79 Å². The number of rotatable bonds is 2. The average Bonchev–Trinajstić information content (AvgIpc) is 2.59. The van der Waals surface area contributed by atoms with Gasteiger partial charge in [0.05, 0.1) is 0 Å². The van der Waals surface area contributed by atoms with Crippen LogP contribution in [0.5, 0.6) is 0 Å². The third-order valence-corrected chi connectivity index (χ3v) is 2.89. The van der Waals surface area contributed by atoms with Crippen molar-refractivity contribution in [3.05, 3.63) is 24.0 Å². The summed E-state index contributed by atoms with van der Waals surface area (Å²) in [4.78, 5) is 10.7. The highest BCUT2D eigenvalue weighted by atomic mass is 16.5. The number of carbonyl (C=O) groups is 1. The Bertz CT molecular complexity index is 265. The zero-order valence-corrected chi connectivity index (χ0v) is 7.66. The molecule has 0 spiro atoms. The standard InChI is InChI=1S/C11H14O2/c1-2-10-6-8-4-3-5-9(7-12)11(8)13-10/h2,7-8,10H,1,3-6H2/t8-,10+/m1/s1. The van der Waals surface area contributed by atoms with Crippen LogP contribution in [-0.2, 0) is 9.53 Å². The fraction of sp³-hybridized carbons (Fsp3) is 0.545. The number of hydrogen-bond acceptors (Lipinski definition) is 2. The van der Waals surface area contributed by atoms with E-state index in [1.165, 1.54) is 0 Å². The van der Waals surface area contributed by atoms with Crippen molar-refractivity contribution < 1.29 is 9.53 Å². The zero-order chi connectivity index (χ0) is 9.26. The third kappa shape index (κ3) is 1.41. The molecular formula is C11H14O2. The van der Waals surface area contributed by atoms with Gasteiger partial charge in [-0.1, -0.05) is 12.7 Å². The second-order valence-corrected chi connectivity index (χ2v) is 3.72. The largest absolute Gasteiger partial charge is 0.490 e. The summed E-state index contributed by atoms with van der Waals surface area (Å²) in [6.07, 6.45) is 7.09. The summed E-state index contributed by atoms with van der Waals surface area (Å²) in [5, 5.41) is 0. The predicted octanol–water partition coefficient (Wildman–Crippen LogP) is 2.21. The summed E-state index contributed by atoms with van der Waals surface area (Å²) in [6, 6.07) is 0. The lowest BCUT2D eigenvalue weighted by Crippen LogP contribution is -2.08. The number of aldehydes is 1. The molecule has 1 saturated heterocycles. The quantitative estimate of drug-likeness (QED) is 0.478. The van der Waals surface area contributed by atoms with Crippen molar-refractivity contribution in [2.24, 2.45) is 5.92 Å². The van der Waals surface area contributed by atoms with E-state index < -0.39 is 0 Å². The topological polar surface area (TPSA) is 26.3 Å². The fourth-order valence-electron chi connectivity index (χ4n) is 2.21. The van der Waals surface area contributed by atoms with Crippen LogP contribution in [0.4, 0.5) is 0 Å². The molecule has 1 aliphatic heterocycles. The Hall–Kier alpha value is -1.05. The zero-order valence-electron chi connectivity index (χ0n) is 7.66. The van der Waals surface area contributed by atoms with Crippen LogP contribution in [0.15, 0.2) is 24.0 Å². The lowest BCUT2D eigenvalue weighted by Gasteiger charge is -2.17. The Labute approximate surface area is 78.3 Å². The smallest absolute Gasteiger partial charge is 0.149 e. The third-order valence-electron chi connectivity index (χ3n) is 2.89. The molecule has 1 heterocycles. The van der Waals surface area contributed by atoms with Crippen LogP contribution in [0.2, 0.25) is 0 Å². The molecule has 13 heavy (non-hydrogen) atoms. The van der Waals surface area contributed by atoms with Crippen LogP contribution in [-0.4, -0.2) is 12.4 Å². The normalized spacial score (nSPS) is 32.3. The Balaban J connectivity index is 2.25. The van der Waals surface area contributed by atoms with E-state index >= 15 is 0 Å². The molecular weight excluding hydrogens is 164 g/mol. The Kier molecular flexibility index (Phi) is 2.21. The molecule has 0 aromatic carbocycles. The molecule has 0 aromatic heterocycles. The maximum absolute atomic E-state index is 10.7. The van der Waals surface area contributed by atoms with Gasteiger partial charge in [-0.15, -0.1) is 0 Å². The first-order chi connectivity index (χ1) is 6.35. The highest BCUT2D eigenvalue weighted by molar-refractivity contribution is 5.74. The molecule has 0 radical (unpaired) electrons. The minimum Gasteiger partial charge on any atom is -0.490 e. The summed E-state index contributed by atoms with van der Waals surface area (Å²) < 4.78 is 5.65. The van der Waals surface area contributed by atoms with E-state index in [9.17, 15) is 4.79 Å². The van der Waals surface area contributed by atoms with Gasteiger partial charge in [-0.25, -0.2) is 0 Å². The summed E-state index contributed by atoms with van der Waals surface area (Å²) in [5.41, 5.74) is 0.876. The first-order valence-corrected chi connectivity index (χ1v) is 4.82. The monoisotopic (exact) mass is 178 g/mol. The van der Waals surface area contributed by atoms with Crippen molar-refractivity contribution >= 4 is 6.29 Å². The molecule has 2 heteroatoms. The van der Waals surface area contributed by atoms with Gasteiger partial charge in [-0.05, 0) is 25.7 Å². The summed E-state index contributed by atoms with van der Waals surface area (Å²) in [6.45, 7) is 3.72. The highest BCUT2D eigenvalue weighted by Gasteiger charge is 2.33. The molecule has 0 bridgehead atoms. The Morgan fingerprint density at radius 3 is 3.08 bits per heavy atom. The SMILES string of the molecule is C=C[C@H]1C[C@H]2CCCC(C=O)=C2O1. The molecule has 0 aromatic rings. The van der Waals surface area contributed by atoms with Gasteiger partial charge in [0.2, 0.25) is 0 Å². The first kappa shape index (κ1) is 8.54. The molecule has 1 aliphatic carbocycles. The Morgan fingerprint density at radius 2 is 2.38 bits per heavy atom. The van der Waals surface area contributed by atoms with Crippen molar-refractivity contribution in [2.45, 2.75) is 31.8 Å². The first-order valence-electron chi connectivity index (χ1n) is 4.82. The minimum atomic E-state index is 0.132. The summed E-state index contributed by atoms with van der Waals surface area (Å²) in [5.74, 6) is 1.43. The van der Waals surface area contributed by atoms with Gasteiger partial charge in [-0.2, -0.15) is 0 Å². The molecule has 0 saturated carbocycles. The van der Waals surface area contributed by atoms with Crippen LogP contribution in [0.25, 0.3) is 0 Å². The van der Waals surface area contributed by atoms with E-state index in [2.05, 4.69) is 6.58 Å². The van der Waals surface area contributed by atoms with Crippen LogP contribution >= 0.6 is 0 Å². The van der Waals surface area contributed by atoms with E-state index in [0.29, 0.717) is 5.92 Å². The number of ether oxygens (including phenoxy) is 1. The van der Waals surface area contributed by atoms with E-state index in [0.717, 1.165) is 43.3 Å². The predicted molar refractivity (Wildman–Crippen MR) is 50.1 cm³/mol. The molecule has 70 valence electrons. The highest BCUT2D eigenvalue weighted by Crippen LogP contribution is 2.40. The van der Waals surface area contributed by atoms with Crippen molar-refractivity contribution in [1.29, 1.82) is 0 Å². The number of fused-ring (bicyclic) bond motifs is 1. The van der Waals surface area contributed by atoms with Crippen LogP contribution < -0.4 is 0 Å². The van der Waals surface area contributed by atoms with Crippen LogP contribution in [0, 0.1) is 5.92 Å². The maximum atomic E-state index is 10.7. The fourth-order valence-corrected chi connectivity index (χ4v) is 2.21. The van der Waals surface area contributed by atoms with Gasteiger partial charge >= 0.3 is 0 Å². The summed E-state index contributed by atoms with van der Waals surface area (Å²) in [7, 11) is 0. The maximum Gasteiger partial charge on any atom is 0.149 e. The van der Waals surface area contributed by atoms with E-state index in [4.69, 9.17) is 4.74 Å². The molecule has 2 rings (SSSR count). The summed E-state index contributed by atoms with van der Waals surface area (Å²) >= 11 is 0. The second kappa shape index (κ2) is 3.36. The van der Waals surface area contributed by atoms with E-state index in [1.807, 2.05) is 6.08 Å². The van der Waals surface area contributed by atoms with Crippen LogP contribution in [0.1, 0.15) is 25.7 Å². The van der Waals surface area contributed by atoms with Gasteiger partial charge in [0.15, 0.2) is 0 Å². The van der Waals surface area contributed by atoms with Gasteiger partial charge in [0.1, 0.15) is 18.1 Å². The molecule has 2 aliphatic rings. The molecule has 0 amide bonds. The number of hydrogen-bond donors (Lipinski definition) is 0. The van der Waals surface area contributed by atoms with Crippen molar-refractivity contribution in [1.82, 2.24) is 0 Å². The minimum absolute atomic E-state index is 0.132. The molecule has 2 atom stereocenters. The molecule has 2 nitrogen and oxygen atoms in total.